The zero-order valence-electron chi connectivity index (χ0n) is 18.1. The van der Waals surface area contributed by atoms with Crippen molar-refractivity contribution in [3.8, 4) is 5.75 Å². The number of aliphatic hydroxyl groups is 1. The molecule has 1 aliphatic heterocycles. The zero-order chi connectivity index (χ0) is 22.7. The Morgan fingerprint density at radius 1 is 1.03 bits per heavy atom. The van der Waals surface area contributed by atoms with E-state index >= 15 is 0 Å². The highest BCUT2D eigenvalue weighted by atomic mass is 16.5. The number of aryl methyl sites for hydroxylation is 2. The molecule has 1 aliphatic rings. The molecule has 32 heavy (non-hydrogen) atoms. The maximum Gasteiger partial charge on any atom is 0.290 e. The molecule has 0 fully saturated rings. The van der Waals surface area contributed by atoms with Gasteiger partial charge in [-0.25, -0.2) is 0 Å². The van der Waals surface area contributed by atoms with Gasteiger partial charge in [0.2, 0.25) is 0 Å². The third kappa shape index (κ3) is 4.30. The summed E-state index contributed by atoms with van der Waals surface area (Å²) < 4.78 is 11.0. The highest BCUT2D eigenvalue weighted by Gasteiger charge is 2.44. The van der Waals surface area contributed by atoms with Gasteiger partial charge in [0, 0.05) is 13.0 Å². The molecule has 1 N–H and O–H groups in total. The van der Waals surface area contributed by atoms with Gasteiger partial charge in [0.25, 0.3) is 5.91 Å². The smallest absolute Gasteiger partial charge is 0.290 e. The molecule has 0 aliphatic carbocycles. The van der Waals surface area contributed by atoms with E-state index in [0.29, 0.717) is 23.7 Å². The first-order valence-electron chi connectivity index (χ1n) is 10.5. The number of Topliss-reactive ketones (excluding diaryl/α,β-unsaturated/α-hetero) is 1. The Morgan fingerprint density at radius 3 is 2.38 bits per heavy atom. The van der Waals surface area contributed by atoms with E-state index < -0.39 is 17.7 Å². The van der Waals surface area contributed by atoms with E-state index in [0.717, 1.165) is 11.1 Å². The van der Waals surface area contributed by atoms with E-state index in [1.807, 2.05) is 42.5 Å². The Morgan fingerprint density at radius 2 is 1.75 bits per heavy atom. The maximum atomic E-state index is 13.2. The molecule has 1 atom stereocenters. The van der Waals surface area contributed by atoms with Gasteiger partial charge in [-0.1, -0.05) is 42.5 Å². The molecule has 2 heterocycles. The summed E-state index contributed by atoms with van der Waals surface area (Å²) in [6.07, 6.45) is 0.705. The fraction of sp³-hybridized carbons (Fsp3) is 0.231. The van der Waals surface area contributed by atoms with Crippen molar-refractivity contribution in [2.45, 2.75) is 32.4 Å². The van der Waals surface area contributed by atoms with Crippen LogP contribution in [0.25, 0.3) is 0 Å². The van der Waals surface area contributed by atoms with Gasteiger partial charge in [-0.15, -0.1) is 0 Å². The van der Waals surface area contributed by atoms with Crippen LogP contribution < -0.4 is 4.74 Å². The minimum Gasteiger partial charge on any atom is -0.503 e. The van der Waals surface area contributed by atoms with Gasteiger partial charge in [0.15, 0.2) is 11.5 Å². The zero-order valence-corrected chi connectivity index (χ0v) is 18.1. The Balaban J connectivity index is 1.62. The summed E-state index contributed by atoms with van der Waals surface area (Å²) >= 11 is 0. The van der Waals surface area contributed by atoms with Crippen LogP contribution in [0.3, 0.4) is 0 Å². The van der Waals surface area contributed by atoms with E-state index in [1.54, 1.807) is 38.3 Å². The second-order valence-corrected chi connectivity index (χ2v) is 7.80. The molecule has 6 nitrogen and oxygen atoms in total. The molecule has 1 unspecified atom stereocenters. The van der Waals surface area contributed by atoms with Crippen molar-refractivity contribution < 1.29 is 23.8 Å². The third-order valence-electron chi connectivity index (χ3n) is 5.63. The average Bonchev–Trinajstić information content (AvgIpc) is 3.35. The molecule has 0 radical (unpaired) electrons. The average molecular weight is 431 g/mol. The first kappa shape index (κ1) is 21.4. The highest BCUT2D eigenvalue weighted by Crippen LogP contribution is 2.40. The Kier molecular flexibility index (Phi) is 6.12. The van der Waals surface area contributed by atoms with Gasteiger partial charge in [-0.05, 0) is 48.7 Å². The summed E-state index contributed by atoms with van der Waals surface area (Å²) in [5.41, 5.74) is 1.96. The summed E-state index contributed by atoms with van der Waals surface area (Å²) in [5, 5.41) is 10.7. The summed E-state index contributed by atoms with van der Waals surface area (Å²) in [7, 11) is 1.59. The molecule has 4 rings (SSSR count). The minimum absolute atomic E-state index is 0.0915. The van der Waals surface area contributed by atoms with Gasteiger partial charge < -0.3 is 19.2 Å². The number of carbonyl (C=O) groups excluding carboxylic acids is 2. The number of benzene rings is 2. The van der Waals surface area contributed by atoms with Gasteiger partial charge in [-0.2, -0.15) is 0 Å². The molecular formula is C26H25NO5. The first-order valence-corrected chi connectivity index (χ1v) is 10.5. The lowest BCUT2D eigenvalue weighted by Crippen LogP contribution is -2.30. The number of hydrogen-bond acceptors (Lipinski definition) is 5. The van der Waals surface area contributed by atoms with E-state index in [1.165, 1.54) is 4.90 Å². The molecular weight excluding hydrogens is 406 g/mol. The minimum atomic E-state index is -0.776. The quantitative estimate of drug-likeness (QED) is 0.560. The number of ketones is 1. The number of aliphatic hydroxyl groups excluding tert-OH is 1. The van der Waals surface area contributed by atoms with Crippen LogP contribution >= 0.6 is 0 Å². The number of amides is 1. The van der Waals surface area contributed by atoms with E-state index in [-0.39, 0.29) is 24.3 Å². The lowest BCUT2D eigenvalue weighted by Gasteiger charge is -2.25. The summed E-state index contributed by atoms with van der Waals surface area (Å²) in [4.78, 5) is 27.7. The standard InChI is InChI=1S/C26H25NO5/c1-17-8-15-22(32-17)24-23(21(28)14-11-18-6-4-3-5-7-18)25(29)26(30)27(24)16-19-9-12-20(31-2)13-10-19/h3-10,12-13,15,24,29H,11,14,16H2,1-2H3. The second-order valence-electron chi connectivity index (χ2n) is 7.80. The predicted molar refractivity (Wildman–Crippen MR) is 119 cm³/mol. The van der Waals surface area contributed by atoms with E-state index in [2.05, 4.69) is 0 Å². The number of hydrogen-bond donors (Lipinski definition) is 1. The molecule has 0 saturated carbocycles. The SMILES string of the molecule is COc1ccc(CN2C(=O)C(O)=C(C(=O)CCc3ccccc3)C2c2ccc(C)o2)cc1. The number of carbonyl (C=O) groups is 2. The lowest BCUT2D eigenvalue weighted by atomic mass is 9.96. The fourth-order valence-electron chi connectivity index (χ4n) is 3.96. The normalized spacial score (nSPS) is 16.0. The molecule has 0 bridgehead atoms. The lowest BCUT2D eigenvalue weighted by molar-refractivity contribution is -0.130. The highest BCUT2D eigenvalue weighted by molar-refractivity contribution is 6.08. The molecule has 0 spiro atoms. The van der Waals surface area contributed by atoms with E-state index in [9.17, 15) is 14.7 Å². The van der Waals surface area contributed by atoms with Crippen LogP contribution in [0, 0.1) is 6.92 Å². The van der Waals surface area contributed by atoms with Crippen molar-refractivity contribution in [1.82, 2.24) is 4.90 Å². The molecule has 6 heteroatoms. The first-order chi connectivity index (χ1) is 15.5. The number of furan rings is 1. The molecule has 2 aromatic carbocycles. The van der Waals surface area contributed by atoms with Crippen LogP contribution in [-0.2, 0) is 22.6 Å². The van der Waals surface area contributed by atoms with Gasteiger partial charge in [0.1, 0.15) is 23.3 Å². The topological polar surface area (TPSA) is 80.0 Å². The van der Waals surface area contributed by atoms with Crippen LogP contribution in [0.2, 0.25) is 0 Å². The molecule has 3 aromatic rings. The molecule has 164 valence electrons. The second kappa shape index (κ2) is 9.14. The summed E-state index contributed by atoms with van der Waals surface area (Å²) in [6, 6.07) is 19.7. The summed E-state index contributed by atoms with van der Waals surface area (Å²) in [5.74, 6) is 0.475. The molecule has 1 aromatic heterocycles. The van der Waals surface area contributed by atoms with Crippen LogP contribution in [0.1, 0.15) is 35.1 Å². The number of rotatable bonds is 8. The fourth-order valence-corrected chi connectivity index (χ4v) is 3.96. The Bertz CT molecular complexity index is 1140. The number of methoxy groups -OCH3 is 1. The Labute approximate surface area is 186 Å². The van der Waals surface area contributed by atoms with Crippen LogP contribution in [0.5, 0.6) is 5.75 Å². The van der Waals surface area contributed by atoms with Gasteiger partial charge in [0.05, 0.1) is 12.7 Å². The van der Waals surface area contributed by atoms with Crippen molar-refractivity contribution >= 4 is 11.7 Å². The van der Waals surface area contributed by atoms with Crippen molar-refractivity contribution in [3.05, 3.63) is 101 Å². The van der Waals surface area contributed by atoms with Crippen molar-refractivity contribution in [2.75, 3.05) is 7.11 Å². The van der Waals surface area contributed by atoms with Crippen molar-refractivity contribution in [2.24, 2.45) is 0 Å². The van der Waals surface area contributed by atoms with Crippen LogP contribution in [0.4, 0.5) is 0 Å². The molecule has 1 amide bonds. The molecule has 0 saturated heterocycles. The van der Waals surface area contributed by atoms with Crippen molar-refractivity contribution in [1.29, 1.82) is 0 Å². The van der Waals surface area contributed by atoms with Crippen molar-refractivity contribution in [3.63, 3.8) is 0 Å². The maximum absolute atomic E-state index is 13.2. The van der Waals surface area contributed by atoms with E-state index in [4.69, 9.17) is 9.15 Å². The number of nitrogens with zero attached hydrogens (tertiary/aromatic N) is 1. The monoisotopic (exact) mass is 431 g/mol. The Hall–Kier alpha value is -3.80. The predicted octanol–water partition coefficient (Wildman–Crippen LogP) is 4.69. The van der Waals surface area contributed by atoms with Crippen LogP contribution in [0.15, 0.2) is 82.5 Å². The largest absolute Gasteiger partial charge is 0.503 e. The van der Waals surface area contributed by atoms with Gasteiger partial charge >= 0.3 is 0 Å². The van der Waals surface area contributed by atoms with Gasteiger partial charge in [-0.3, -0.25) is 9.59 Å². The summed E-state index contributed by atoms with van der Waals surface area (Å²) in [6.45, 7) is 2.02. The number of ether oxygens (including phenoxy) is 1. The third-order valence-corrected chi connectivity index (χ3v) is 5.63. The van der Waals surface area contributed by atoms with Crippen LogP contribution in [-0.4, -0.2) is 28.8 Å².